The fraction of sp³-hybridized carbons (Fsp3) is 0.0800. The molecule has 2 aromatic carbocycles. The minimum absolute atomic E-state index is 0.0291. The van der Waals surface area contributed by atoms with E-state index in [0.29, 0.717) is 34.3 Å². The third-order valence-corrected chi connectivity index (χ3v) is 5.13. The van der Waals surface area contributed by atoms with Gasteiger partial charge in [-0.15, -0.1) is 10.2 Å². The number of nitrogens with one attached hydrogen (secondary N) is 1. The van der Waals surface area contributed by atoms with Gasteiger partial charge >= 0.3 is 0 Å². The highest BCUT2D eigenvalue weighted by Gasteiger charge is 2.21. The van der Waals surface area contributed by atoms with Crippen LogP contribution in [0, 0.1) is 5.82 Å². The highest BCUT2D eigenvalue weighted by atomic mass is 19.1. The molecule has 9 heteroatoms. The second kappa shape index (κ2) is 8.70. The molecule has 0 aliphatic heterocycles. The summed E-state index contributed by atoms with van der Waals surface area (Å²) in [6.07, 6.45) is 1.86. The second-order valence-electron chi connectivity index (χ2n) is 7.62. The van der Waals surface area contributed by atoms with Gasteiger partial charge in [0.1, 0.15) is 11.3 Å². The molecule has 8 nitrogen and oxygen atoms in total. The van der Waals surface area contributed by atoms with E-state index in [2.05, 4.69) is 25.5 Å². The molecule has 0 bridgehead atoms. The van der Waals surface area contributed by atoms with E-state index in [1.165, 1.54) is 19.1 Å². The van der Waals surface area contributed by atoms with Crippen LogP contribution in [0.1, 0.15) is 18.4 Å². The van der Waals surface area contributed by atoms with Gasteiger partial charge in [-0.2, -0.15) is 0 Å². The van der Waals surface area contributed by atoms with Crippen molar-refractivity contribution in [1.29, 1.82) is 0 Å². The van der Waals surface area contributed by atoms with Crippen LogP contribution in [-0.2, 0) is 11.2 Å². The summed E-state index contributed by atoms with van der Waals surface area (Å²) in [4.78, 5) is 20.5. The molecule has 5 rings (SSSR count). The van der Waals surface area contributed by atoms with Gasteiger partial charge in [0, 0.05) is 29.8 Å². The highest BCUT2D eigenvalue weighted by Crippen LogP contribution is 2.38. The smallest absolute Gasteiger partial charge is 0.270 e. The fourth-order valence-electron chi connectivity index (χ4n) is 3.64. The summed E-state index contributed by atoms with van der Waals surface area (Å²) in [6.45, 7) is 1.43. The lowest BCUT2D eigenvalue weighted by Crippen LogP contribution is -2.05. The molecule has 3 aromatic heterocycles. The molecule has 34 heavy (non-hydrogen) atoms. The zero-order chi connectivity index (χ0) is 23.7. The van der Waals surface area contributed by atoms with Crippen LogP contribution in [0.15, 0.2) is 71.3 Å². The molecule has 0 atom stereocenters. The van der Waals surface area contributed by atoms with Crippen molar-refractivity contribution in [3.63, 3.8) is 0 Å². The van der Waals surface area contributed by atoms with E-state index >= 15 is 0 Å². The summed E-state index contributed by atoms with van der Waals surface area (Å²) in [5.74, 6) is -0.390. The molecule has 3 heterocycles. The molecule has 168 valence electrons. The molecule has 0 fully saturated rings. The summed E-state index contributed by atoms with van der Waals surface area (Å²) in [5, 5.41) is 22.4. The maximum atomic E-state index is 13.2. The molecular formula is C25H18FN5O3. The van der Waals surface area contributed by atoms with E-state index in [4.69, 9.17) is 4.42 Å². The summed E-state index contributed by atoms with van der Waals surface area (Å²) in [6, 6.07) is 16.7. The van der Waals surface area contributed by atoms with Crippen molar-refractivity contribution in [3.05, 3.63) is 84.1 Å². The quantitative estimate of drug-likeness (QED) is 0.393. The maximum absolute atomic E-state index is 13.2. The lowest BCUT2D eigenvalue weighted by Gasteiger charge is -2.11. The normalized spacial score (nSPS) is 11.0. The van der Waals surface area contributed by atoms with Crippen molar-refractivity contribution in [2.24, 2.45) is 0 Å². The Balaban J connectivity index is 1.59. The molecular weight excluding hydrogens is 437 g/mol. The number of amides is 1. The molecule has 0 unspecified atom stereocenters. The Kier molecular flexibility index (Phi) is 5.43. The van der Waals surface area contributed by atoms with Crippen LogP contribution in [0.5, 0.6) is 5.75 Å². The summed E-state index contributed by atoms with van der Waals surface area (Å²) in [7, 11) is 0. The number of aromatic nitrogens is 4. The van der Waals surface area contributed by atoms with Gasteiger partial charge in [-0.05, 0) is 42.0 Å². The van der Waals surface area contributed by atoms with Crippen molar-refractivity contribution < 1.29 is 18.7 Å². The average Bonchev–Trinajstić information content (AvgIpc) is 3.29. The molecule has 0 spiro atoms. The van der Waals surface area contributed by atoms with Crippen LogP contribution in [0.25, 0.3) is 33.7 Å². The number of hydrogen-bond acceptors (Lipinski definition) is 7. The van der Waals surface area contributed by atoms with Crippen molar-refractivity contribution >= 4 is 22.5 Å². The predicted octanol–water partition coefficient (Wildman–Crippen LogP) is 4.74. The first kappa shape index (κ1) is 21.2. The summed E-state index contributed by atoms with van der Waals surface area (Å²) in [5.41, 5.74) is 3.05. The van der Waals surface area contributed by atoms with Gasteiger partial charge in [-0.1, -0.05) is 24.3 Å². The van der Waals surface area contributed by atoms with Gasteiger partial charge in [-0.25, -0.2) is 9.37 Å². The number of hydrogen-bond donors (Lipinski definition) is 2. The Hall–Kier alpha value is -4.66. The second-order valence-corrected chi connectivity index (χ2v) is 7.62. The van der Waals surface area contributed by atoms with E-state index in [0.717, 1.165) is 5.56 Å². The van der Waals surface area contributed by atoms with Crippen LogP contribution < -0.4 is 5.32 Å². The highest BCUT2D eigenvalue weighted by molar-refractivity contribution is 5.99. The van der Waals surface area contributed by atoms with Gasteiger partial charge in [0.05, 0.1) is 12.1 Å². The molecule has 0 aliphatic carbocycles. The number of anilines is 1. The van der Waals surface area contributed by atoms with E-state index in [-0.39, 0.29) is 34.9 Å². The number of fused-ring (bicyclic) bond motifs is 1. The first-order valence-corrected chi connectivity index (χ1v) is 10.4. The summed E-state index contributed by atoms with van der Waals surface area (Å²) < 4.78 is 19.0. The summed E-state index contributed by atoms with van der Waals surface area (Å²) >= 11 is 0. The van der Waals surface area contributed by atoms with Crippen LogP contribution in [0.3, 0.4) is 0 Å². The number of benzene rings is 2. The predicted molar refractivity (Wildman–Crippen MR) is 123 cm³/mol. The largest absolute Gasteiger partial charge is 0.504 e. The minimum Gasteiger partial charge on any atom is -0.504 e. The fourth-order valence-corrected chi connectivity index (χ4v) is 3.64. The van der Waals surface area contributed by atoms with E-state index in [9.17, 15) is 14.3 Å². The first-order chi connectivity index (χ1) is 16.5. The number of carbonyl (C=O) groups is 1. The van der Waals surface area contributed by atoms with Crippen LogP contribution >= 0.6 is 0 Å². The minimum atomic E-state index is -0.331. The van der Waals surface area contributed by atoms with E-state index < -0.39 is 0 Å². The van der Waals surface area contributed by atoms with E-state index in [1.807, 2.05) is 6.07 Å². The molecule has 0 saturated heterocycles. The lowest BCUT2D eigenvalue weighted by molar-refractivity contribution is -0.114. The molecule has 5 aromatic rings. The van der Waals surface area contributed by atoms with Gasteiger partial charge in [0.25, 0.3) is 5.89 Å². The van der Waals surface area contributed by atoms with Crippen molar-refractivity contribution in [2.45, 2.75) is 13.3 Å². The van der Waals surface area contributed by atoms with Crippen LogP contribution in [0.4, 0.5) is 10.1 Å². The number of pyridine rings is 2. The maximum Gasteiger partial charge on any atom is 0.270 e. The number of nitrogens with zero attached hydrogens (tertiary/aromatic N) is 4. The van der Waals surface area contributed by atoms with Crippen LogP contribution in [-0.4, -0.2) is 31.2 Å². The number of rotatable bonds is 5. The monoisotopic (exact) mass is 455 g/mol. The number of carbonyl (C=O) groups excluding carboxylic acids is 1. The standard InChI is InChI=1S/C25H18FN5O3/c1-14(32)28-18-5-2-4-16(13-18)21-19-6-3-11-27-22(19)24(33)23(29-21)25-31-30-20(34-25)12-15-7-9-17(26)10-8-15/h2-11,13,33H,12H2,1H3,(H,28,32). The van der Waals surface area contributed by atoms with Crippen LogP contribution in [0.2, 0.25) is 0 Å². The van der Waals surface area contributed by atoms with E-state index in [1.54, 1.807) is 48.7 Å². The molecule has 0 aliphatic rings. The first-order valence-electron chi connectivity index (χ1n) is 10.4. The molecule has 0 radical (unpaired) electrons. The van der Waals surface area contributed by atoms with Crippen molar-refractivity contribution in [1.82, 2.24) is 20.2 Å². The third kappa shape index (κ3) is 4.18. The Bertz CT molecular complexity index is 1520. The molecule has 2 N–H and O–H groups in total. The Morgan fingerprint density at radius 1 is 1.06 bits per heavy atom. The number of aromatic hydroxyl groups is 1. The lowest BCUT2D eigenvalue weighted by atomic mass is 10.0. The Morgan fingerprint density at radius 3 is 2.68 bits per heavy atom. The zero-order valence-corrected chi connectivity index (χ0v) is 18.0. The topological polar surface area (TPSA) is 114 Å². The van der Waals surface area contributed by atoms with Gasteiger partial charge < -0.3 is 14.8 Å². The van der Waals surface area contributed by atoms with Gasteiger partial charge in [0.15, 0.2) is 11.4 Å². The Morgan fingerprint density at radius 2 is 1.88 bits per heavy atom. The van der Waals surface area contributed by atoms with Gasteiger partial charge in [-0.3, -0.25) is 9.78 Å². The SMILES string of the molecule is CC(=O)Nc1cccc(-c2nc(-c3nnc(Cc4ccc(F)cc4)o3)c(O)c3ncccc23)c1. The third-order valence-electron chi connectivity index (χ3n) is 5.13. The molecule has 1 amide bonds. The van der Waals surface area contributed by atoms with Gasteiger partial charge in [0.2, 0.25) is 11.8 Å². The Labute approximate surface area is 193 Å². The van der Waals surface area contributed by atoms with Crippen molar-refractivity contribution in [2.75, 3.05) is 5.32 Å². The van der Waals surface area contributed by atoms with Crippen molar-refractivity contribution in [3.8, 4) is 28.6 Å². The average molecular weight is 455 g/mol. The number of halogens is 1. The zero-order valence-electron chi connectivity index (χ0n) is 18.0. The molecule has 0 saturated carbocycles.